The summed E-state index contributed by atoms with van der Waals surface area (Å²) in [7, 11) is 0. The van der Waals surface area contributed by atoms with E-state index in [-0.39, 0.29) is 28.7 Å². The maximum absolute atomic E-state index is 12.7. The number of aliphatic hydroxyl groups excluding tert-OH is 1. The fourth-order valence-electron chi connectivity index (χ4n) is 7.70. The number of ketones is 1. The molecule has 0 unspecified atom stereocenters. The van der Waals surface area contributed by atoms with E-state index < -0.39 is 5.60 Å². The van der Waals surface area contributed by atoms with E-state index in [4.69, 9.17) is 4.74 Å². The highest BCUT2D eigenvalue weighted by Crippen LogP contribution is 2.68. The Labute approximate surface area is 162 Å². The Morgan fingerprint density at radius 1 is 1.07 bits per heavy atom. The molecule has 4 nitrogen and oxygen atoms in total. The quantitative estimate of drug-likeness (QED) is 0.581. The van der Waals surface area contributed by atoms with E-state index in [0.717, 1.165) is 44.9 Å². The van der Waals surface area contributed by atoms with Crippen molar-refractivity contribution in [2.45, 2.75) is 90.8 Å². The minimum atomic E-state index is -0.942. The molecule has 0 aliphatic heterocycles. The summed E-state index contributed by atoms with van der Waals surface area (Å²) in [6.45, 7) is 7.64. The Bertz CT molecular complexity index is 696. The van der Waals surface area contributed by atoms with Gasteiger partial charge in [-0.1, -0.05) is 25.5 Å². The van der Waals surface area contributed by atoms with Gasteiger partial charge in [-0.3, -0.25) is 9.59 Å². The standard InChI is InChI=1S/C23H34O4/c1-14(24)23(27-15(2)25)12-9-20-18-6-5-16-13-17(26)7-10-21(16,3)19(18)8-11-22(20,23)4/h5,17-20,26H,6-13H2,1-4H3/t17-,18-,19+,20+,21+,22+,23+/m1/s1. The van der Waals surface area contributed by atoms with Crippen LogP contribution in [0.15, 0.2) is 11.6 Å². The van der Waals surface area contributed by atoms with Crippen molar-refractivity contribution in [2.24, 2.45) is 28.6 Å². The van der Waals surface area contributed by atoms with E-state index >= 15 is 0 Å². The van der Waals surface area contributed by atoms with Gasteiger partial charge >= 0.3 is 5.97 Å². The van der Waals surface area contributed by atoms with Crippen molar-refractivity contribution >= 4 is 11.8 Å². The Morgan fingerprint density at radius 3 is 2.44 bits per heavy atom. The third-order valence-corrected chi connectivity index (χ3v) is 9.08. The van der Waals surface area contributed by atoms with Gasteiger partial charge in [0.2, 0.25) is 0 Å². The molecule has 1 N–H and O–H groups in total. The second kappa shape index (κ2) is 6.17. The third kappa shape index (κ3) is 2.51. The first kappa shape index (κ1) is 19.2. The van der Waals surface area contributed by atoms with Gasteiger partial charge < -0.3 is 9.84 Å². The zero-order chi connectivity index (χ0) is 19.6. The fraction of sp³-hybridized carbons (Fsp3) is 0.826. The molecule has 150 valence electrons. The van der Waals surface area contributed by atoms with Crippen LogP contribution < -0.4 is 0 Å². The number of esters is 1. The SMILES string of the molecule is CC(=O)O[C@]1(C(C)=O)CC[C@H]2[C@@H]3CC=C4C[C@H](O)CC[C@]4(C)[C@H]3CC[C@@]21C. The Balaban J connectivity index is 1.70. The lowest BCUT2D eigenvalue weighted by atomic mass is 9.46. The summed E-state index contributed by atoms with van der Waals surface area (Å²) in [6.07, 6.45) is 9.68. The van der Waals surface area contributed by atoms with Gasteiger partial charge in [-0.15, -0.1) is 0 Å². The fourth-order valence-corrected chi connectivity index (χ4v) is 7.70. The highest BCUT2D eigenvalue weighted by molar-refractivity contribution is 5.89. The molecule has 0 saturated heterocycles. The van der Waals surface area contributed by atoms with Gasteiger partial charge in [-0.25, -0.2) is 0 Å². The van der Waals surface area contributed by atoms with Crippen molar-refractivity contribution in [1.29, 1.82) is 0 Å². The van der Waals surface area contributed by atoms with Crippen molar-refractivity contribution in [3.05, 3.63) is 11.6 Å². The minimum Gasteiger partial charge on any atom is -0.451 e. The zero-order valence-corrected chi connectivity index (χ0v) is 17.2. The topological polar surface area (TPSA) is 63.6 Å². The Morgan fingerprint density at radius 2 is 1.78 bits per heavy atom. The van der Waals surface area contributed by atoms with Crippen molar-refractivity contribution in [3.8, 4) is 0 Å². The van der Waals surface area contributed by atoms with Crippen LogP contribution in [0.3, 0.4) is 0 Å². The normalized spacial score (nSPS) is 48.7. The van der Waals surface area contributed by atoms with E-state index in [0.29, 0.717) is 24.2 Å². The smallest absolute Gasteiger partial charge is 0.303 e. The molecule has 7 atom stereocenters. The number of Topliss-reactive ketones (excluding diaryl/α,β-unsaturated/α-hetero) is 1. The van der Waals surface area contributed by atoms with E-state index in [1.54, 1.807) is 6.92 Å². The van der Waals surface area contributed by atoms with E-state index in [1.807, 2.05) is 0 Å². The molecule has 4 heteroatoms. The summed E-state index contributed by atoms with van der Waals surface area (Å²) in [5.41, 5.74) is 0.442. The number of ether oxygens (including phenoxy) is 1. The predicted octanol–water partition coefficient (Wildman–Crippen LogP) is 4.20. The van der Waals surface area contributed by atoms with Crippen molar-refractivity contribution in [2.75, 3.05) is 0 Å². The van der Waals surface area contributed by atoms with E-state index in [2.05, 4.69) is 19.9 Å². The molecule has 0 aromatic rings. The summed E-state index contributed by atoms with van der Waals surface area (Å²) < 4.78 is 5.82. The van der Waals surface area contributed by atoms with Gasteiger partial charge in [0.25, 0.3) is 0 Å². The van der Waals surface area contributed by atoms with Gasteiger partial charge in [-0.05, 0) is 81.5 Å². The first-order valence-corrected chi connectivity index (χ1v) is 10.7. The molecule has 0 aromatic heterocycles. The molecule has 0 aromatic carbocycles. The second-order valence-corrected chi connectivity index (χ2v) is 10.1. The maximum Gasteiger partial charge on any atom is 0.303 e. The molecule has 4 aliphatic rings. The number of carbonyl (C=O) groups is 2. The maximum atomic E-state index is 12.7. The summed E-state index contributed by atoms with van der Waals surface area (Å²) >= 11 is 0. The number of aliphatic hydroxyl groups is 1. The summed E-state index contributed by atoms with van der Waals surface area (Å²) in [5.74, 6) is 1.25. The molecule has 0 bridgehead atoms. The monoisotopic (exact) mass is 374 g/mol. The van der Waals surface area contributed by atoms with Crippen LogP contribution in [0, 0.1) is 28.6 Å². The summed E-state index contributed by atoms with van der Waals surface area (Å²) in [4.78, 5) is 24.6. The summed E-state index contributed by atoms with van der Waals surface area (Å²) in [5, 5.41) is 10.1. The lowest BCUT2D eigenvalue weighted by molar-refractivity contribution is -0.186. The van der Waals surface area contributed by atoms with Crippen LogP contribution >= 0.6 is 0 Å². The molecule has 0 spiro atoms. The average molecular weight is 375 g/mol. The van der Waals surface area contributed by atoms with Crippen molar-refractivity contribution in [3.63, 3.8) is 0 Å². The Kier molecular flexibility index (Phi) is 4.38. The van der Waals surface area contributed by atoms with Gasteiger partial charge in [0, 0.05) is 12.3 Å². The number of allylic oxidation sites excluding steroid dienone is 1. The third-order valence-electron chi connectivity index (χ3n) is 9.08. The van der Waals surface area contributed by atoms with Crippen molar-refractivity contribution < 1.29 is 19.4 Å². The molecular weight excluding hydrogens is 340 g/mol. The largest absolute Gasteiger partial charge is 0.451 e. The highest BCUT2D eigenvalue weighted by atomic mass is 16.6. The van der Waals surface area contributed by atoms with Crippen LogP contribution in [-0.2, 0) is 14.3 Å². The molecule has 0 heterocycles. The first-order chi connectivity index (χ1) is 12.6. The Hall–Kier alpha value is -1.16. The molecule has 4 rings (SSSR count). The molecule has 3 saturated carbocycles. The number of carbonyl (C=O) groups excluding carboxylic acids is 2. The number of fused-ring (bicyclic) bond motifs is 5. The first-order valence-electron chi connectivity index (χ1n) is 10.7. The van der Waals surface area contributed by atoms with Crippen LogP contribution in [-0.4, -0.2) is 28.6 Å². The summed E-state index contributed by atoms with van der Waals surface area (Å²) in [6, 6.07) is 0. The molecule has 4 aliphatic carbocycles. The van der Waals surface area contributed by atoms with Gasteiger partial charge in [0.05, 0.1) is 6.10 Å². The van der Waals surface area contributed by atoms with Crippen LogP contribution in [0.4, 0.5) is 0 Å². The number of hydrogen-bond acceptors (Lipinski definition) is 4. The molecular formula is C23H34O4. The molecule has 0 amide bonds. The zero-order valence-electron chi connectivity index (χ0n) is 17.2. The van der Waals surface area contributed by atoms with Gasteiger partial charge in [-0.2, -0.15) is 0 Å². The molecule has 0 radical (unpaired) electrons. The van der Waals surface area contributed by atoms with Crippen LogP contribution in [0.5, 0.6) is 0 Å². The average Bonchev–Trinajstić information content (AvgIpc) is 2.89. The minimum absolute atomic E-state index is 0.0141. The van der Waals surface area contributed by atoms with E-state index in [1.165, 1.54) is 12.5 Å². The van der Waals surface area contributed by atoms with Gasteiger partial charge in [0.1, 0.15) is 0 Å². The lowest BCUT2D eigenvalue weighted by Crippen LogP contribution is -2.58. The number of hydrogen-bond donors (Lipinski definition) is 1. The second-order valence-electron chi connectivity index (χ2n) is 10.1. The van der Waals surface area contributed by atoms with Crippen LogP contribution in [0.2, 0.25) is 0 Å². The number of rotatable bonds is 2. The molecule has 27 heavy (non-hydrogen) atoms. The van der Waals surface area contributed by atoms with Gasteiger partial charge in [0.15, 0.2) is 11.4 Å². The van der Waals surface area contributed by atoms with Crippen LogP contribution in [0.1, 0.15) is 79.1 Å². The van der Waals surface area contributed by atoms with E-state index in [9.17, 15) is 14.7 Å². The van der Waals surface area contributed by atoms with Crippen LogP contribution in [0.25, 0.3) is 0 Å². The predicted molar refractivity (Wildman–Crippen MR) is 103 cm³/mol. The lowest BCUT2D eigenvalue weighted by Gasteiger charge is -2.59. The molecule has 3 fully saturated rings. The highest BCUT2D eigenvalue weighted by Gasteiger charge is 2.67. The van der Waals surface area contributed by atoms with Crippen molar-refractivity contribution in [1.82, 2.24) is 0 Å².